The molecule has 4 heteroatoms. The van der Waals surface area contributed by atoms with Gasteiger partial charge in [0.1, 0.15) is 6.29 Å². The molecule has 0 aliphatic rings. The van der Waals surface area contributed by atoms with Crippen LogP contribution in [0.3, 0.4) is 0 Å². The number of fused-ring (bicyclic) bond motifs is 1. The zero-order valence-corrected chi connectivity index (χ0v) is 10.1. The van der Waals surface area contributed by atoms with E-state index in [1.54, 1.807) is 23.6 Å². The Morgan fingerprint density at radius 2 is 2.24 bits per heavy atom. The van der Waals surface area contributed by atoms with Crippen molar-refractivity contribution in [3.63, 3.8) is 0 Å². The van der Waals surface area contributed by atoms with Crippen LogP contribution >= 0.6 is 11.3 Å². The fraction of sp³-hybridized carbons (Fsp3) is 0.0769. The number of hydrogen-bond donors (Lipinski definition) is 0. The first-order valence-electron chi connectivity index (χ1n) is 5.27. The zero-order chi connectivity index (χ0) is 11.8. The van der Waals surface area contributed by atoms with E-state index in [2.05, 4.69) is 24.0 Å². The second kappa shape index (κ2) is 3.82. The topological polar surface area (TPSA) is 34.4 Å². The van der Waals surface area contributed by atoms with Gasteiger partial charge in [0, 0.05) is 16.6 Å². The van der Waals surface area contributed by atoms with Crippen molar-refractivity contribution in [2.45, 2.75) is 6.92 Å². The first-order valence-corrected chi connectivity index (χ1v) is 6.09. The Kier molecular flexibility index (Phi) is 2.30. The molecular weight excluding hydrogens is 232 g/mol. The molecule has 17 heavy (non-hydrogen) atoms. The van der Waals surface area contributed by atoms with Crippen LogP contribution in [0.5, 0.6) is 0 Å². The van der Waals surface area contributed by atoms with E-state index in [1.807, 2.05) is 16.7 Å². The van der Waals surface area contributed by atoms with E-state index >= 15 is 0 Å². The maximum absolute atomic E-state index is 10.7. The lowest BCUT2D eigenvalue weighted by atomic mass is 10.3. The monoisotopic (exact) mass is 242 g/mol. The number of aldehydes is 1. The van der Waals surface area contributed by atoms with E-state index < -0.39 is 0 Å². The number of carbonyl (C=O) groups excluding carboxylic acids is 1. The summed E-state index contributed by atoms with van der Waals surface area (Å²) in [5.41, 5.74) is 1.61. The molecule has 0 saturated heterocycles. The number of nitrogens with zero attached hydrogens (tertiary/aromatic N) is 2. The fourth-order valence-corrected chi connectivity index (χ4v) is 2.69. The minimum atomic E-state index is 0.673. The SMILES string of the molecule is Cc1ccc(-c2ncc3cc(C=O)ccn23)s1. The van der Waals surface area contributed by atoms with Gasteiger partial charge in [-0.2, -0.15) is 0 Å². The minimum Gasteiger partial charge on any atom is -0.299 e. The lowest BCUT2D eigenvalue weighted by Crippen LogP contribution is -1.88. The van der Waals surface area contributed by atoms with Crippen molar-refractivity contribution >= 4 is 23.1 Å². The lowest BCUT2D eigenvalue weighted by molar-refractivity contribution is 0.112. The molecule has 0 bridgehead atoms. The second-order valence-corrected chi connectivity index (χ2v) is 5.15. The number of thiophene rings is 1. The average Bonchev–Trinajstić information content (AvgIpc) is 2.93. The van der Waals surface area contributed by atoms with Crippen molar-refractivity contribution in [2.75, 3.05) is 0 Å². The molecule has 0 saturated carbocycles. The van der Waals surface area contributed by atoms with Gasteiger partial charge < -0.3 is 0 Å². The van der Waals surface area contributed by atoms with Crippen LogP contribution < -0.4 is 0 Å². The van der Waals surface area contributed by atoms with Gasteiger partial charge >= 0.3 is 0 Å². The quantitative estimate of drug-likeness (QED) is 0.647. The van der Waals surface area contributed by atoms with Gasteiger partial charge in [-0.15, -0.1) is 11.3 Å². The van der Waals surface area contributed by atoms with Crippen LogP contribution in [0.15, 0.2) is 36.7 Å². The Labute approximate surface area is 102 Å². The van der Waals surface area contributed by atoms with Crippen molar-refractivity contribution in [2.24, 2.45) is 0 Å². The molecule has 0 N–H and O–H groups in total. The molecule has 0 aromatic carbocycles. The maximum atomic E-state index is 10.7. The number of aromatic nitrogens is 2. The molecule has 0 atom stereocenters. The van der Waals surface area contributed by atoms with Gasteiger partial charge in [-0.1, -0.05) is 0 Å². The standard InChI is InChI=1S/C13H10N2OS/c1-9-2-3-12(17-9)13-14-7-11-6-10(8-16)4-5-15(11)13/h2-8H,1H3. The first-order chi connectivity index (χ1) is 8.28. The number of rotatable bonds is 2. The van der Waals surface area contributed by atoms with E-state index in [4.69, 9.17) is 0 Å². The number of imidazole rings is 1. The van der Waals surface area contributed by atoms with Crippen LogP contribution in [0.1, 0.15) is 15.2 Å². The van der Waals surface area contributed by atoms with Gasteiger partial charge in [0.05, 0.1) is 16.6 Å². The van der Waals surface area contributed by atoms with Crippen LogP contribution in [0.25, 0.3) is 16.2 Å². The fourth-order valence-electron chi connectivity index (χ4n) is 1.83. The normalized spacial score (nSPS) is 10.9. The van der Waals surface area contributed by atoms with Crippen LogP contribution in [0.2, 0.25) is 0 Å². The third kappa shape index (κ3) is 1.66. The Hall–Kier alpha value is -1.94. The van der Waals surface area contributed by atoms with Crippen molar-refractivity contribution < 1.29 is 4.79 Å². The predicted molar refractivity (Wildman–Crippen MR) is 68.6 cm³/mol. The summed E-state index contributed by atoms with van der Waals surface area (Å²) in [5, 5.41) is 0. The highest BCUT2D eigenvalue weighted by atomic mass is 32.1. The van der Waals surface area contributed by atoms with Crippen molar-refractivity contribution in [3.05, 3.63) is 47.1 Å². The number of pyridine rings is 1. The van der Waals surface area contributed by atoms with Gasteiger partial charge in [0.2, 0.25) is 0 Å². The summed E-state index contributed by atoms with van der Waals surface area (Å²) >= 11 is 1.72. The molecule has 84 valence electrons. The van der Waals surface area contributed by atoms with E-state index in [0.29, 0.717) is 5.56 Å². The molecule has 3 rings (SSSR count). The lowest BCUT2D eigenvalue weighted by Gasteiger charge is -1.98. The highest BCUT2D eigenvalue weighted by Crippen LogP contribution is 2.27. The van der Waals surface area contributed by atoms with Gasteiger partial charge in [-0.3, -0.25) is 9.20 Å². The van der Waals surface area contributed by atoms with E-state index in [-0.39, 0.29) is 0 Å². The average molecular weight is 242 g/mol. The van der Waals surface area contributed by atoms with Gasteiger partial charge in [0.25, 0.3) is 0 Å². The van der Waals surface area contributed by atoms with Gasteiger partial charge in [-0.05, 0) is 31.2 Å². The number of hydrogen-bond acceptors (Lipinski definition) is 3. The van der Waals surface area contributed by atoms with E-state index in [1.165, 1.54) is 4.88 Å². The summed E-state index contributed by atoms with van der Waals surface area (Å²) < 4.78 is 2.00. The van der Waals surface area contributed by atoms with Crippen LogP contribution in [0.4, 0.5) is 0 Å². The molecule has 0 fully saturated rings. The van der Waals surface area contributed by atoms with Crippen molar-refractivity contribution in [1.82, 2.24) is 9.38 Å². The summed E-state index contributed by atoms with van der Waals surface area (Å²) in [6, 6.07) is 7.79. The summed E-state index contributed by atoms with van der Waals surface area (Å²) in [5.74, 6) is 0.926. The summed E-state index contributed by atoms with van der Waals surface area (Å²) in [6.07, 6.45) is 4.52. The largest absolute Gasteiger partial charge is 0.299 e. The third-order valence-corrected chi connectivity index (χ3v) is 3.65. The Morgan fingerprint density at radius 1 is 1.35 bits per heavy atom. The minimum absolute atomic E-state index is 0.673. The van der Waals surface area contributed by atoms with Crippen LogP contribution in [-0.2, 0) is 0 Å². The molecule has 0 amide bonds. The third-order valence-electron chi connectivity index (χ3n) is 2.65. The summed E-state index contributed by atoms with van der Waals surface area (Å²) in [6.45, 7) is 2.08. The molecule has 0 aliphatic carbocycles. The molecular formula is C13H10N2OS. The smallest absolute Gasteiger partial charge is 0.154 e. The Morgan fingerprint density at radius 3 is 2.94 bits per heavy atom. The molecule has 3 aromatic rings. The molecule has 0 unspecified atom stereocenters. The molecule has 3 nitrogen and oxygen atoms in total. The van der Waals surface area contributed by atoms with Gasteiger partial charge in [-0.25, -0.2) is 4.98 Å². The Balaban J connectivity index is 2.21. The molecule has 0 radical (unpaired) electrons. The summed E-state index contributed by atoms with van der Waals surface area (Å²) in [7, 11) is 0. The highest BCUT2D eigenvalue weighted by molar-refractivity contribution is 7.15. The predicted octanol–water partition coefficient (Wildman–Crippen LogP) is 3.18. The Bertz CT molecular complexity index is 696. The molecule has 0 aliphatic heterocycles. The van der Waals surface area contributed by atoms with Crippen molar-refractivity contribution in [3.8, 4) is 10.7 Å². The number of aryl methyl sites for hydroxylation is 1. The first kappa shape index (κ1) is 10.2. The van der Waals surface area contributed by atoms with Crippen molar-refractivity contribution in [1.29, 1.82) is 0 Å². The van der Waals surface area contributed by atoms with E-state index in [9.17, 15) is 4.79 Å². The van der Waals surface area contributed by atoms with Crippen LogP contribution in [0, 0.1) is 6.92 Å². The van der Waals surface area contributed by atoms with Gasteiger partial charge in [0.15, 0.2) is 5.82 Å². The summed E-state index contributed by atoms with van der Waals surface area (Å²) in [4.78, 5) is 17.5. The number of carbonyl (C=O) groups is 1. The van der Waals surface area contributed by atoms with Crippen LogP contribution in [-0.4, -0.2) is 15.7 Å². The molecule has 0 spiro atoms. The molecule has 3 aromatic heterocycles. The maximum Gasteiger partial charge on any atom is 0.154 e. The second-order valence-electron chi connectivity index (χ2n) is 3.86. The highest BCUT2D eigenvalue weighted by Gasteiger charge is 2.08. The van der Waals surface area contributed by atoms with E-state index in [0.717, 1.165) is 22.5 Å². The molecule has 3 heterocycles. The zero-order valence-electron chi connectivity index (χ0n) is 9.25.